The summed E-state index contributed by atoms with van der Waals surface area (Å²) in [6.45, 7) is 9.39. The topological polar surface area (TPSA) is 29.3 Å². The van der Waals surface area contributed by atoms with Gasteiger partial charge in [0.15, 0.2) is 0 Å². The lowest BCUT2D eigenvalue weighted by atomic mass is 10.1. The second kappa shape index (κ2) is 27.1. The van der Waals surface area contributed by atoms with E-state index in [1.807, 2.05) is 0 Å². The molecule has 0 aliphatic rings. The van der Waals surface area contributed by atoms with Gasteiger partial charge in [0, 0.05) is 0 Å². The van der Waals surface area contributed by atoms with Crippen LogP contribution >= 0.6 is 34.0 Å². The van der Waals surface area contributed by atoms with E-state index >= 15 is 0 Å². The zero-order valence-electron chi connectivity index (χ0n) is 17.3. The maximum Gasteiger partial charge on any atom is -0.00187 e. The molecule has 0 saturated heterocycles. The highest BCUT2D eigenvalue weighted by molar-refractivity contribution is 8.93. The zero-order valence-corrected chi connectivity index (χ0v) is 20.7. The molecule has 0 aromatic carbocycles. The van der Waals surface area contributed by atoms with Gasteiger partial charge in [-0.05, 0) is 51.9 Å². The number of unbranched alkanes of at least 4 members (excludes halogenated alkanes) is 12. The van der Waals surface area contributed by atoms with Gasteiger partial charge in [-0.1, -0.05) is 84.5 Å². The Balaban J connectivity index is -0.00000242. The van der Waals surface area contributed by atoms with E-state index in [9.17, 15) is 0 Å². The second-order valence-corrected chi connectivity index (χ2v) is 7.23. The average molecular weight is 488 g/mol. The van der Waals surface area contributed by atoms with Crippen molar-refractivity contribution in [1.29, 1.82) is 0 Å². The predicted molar refractivity (Wildman–Crippen MR) is 127 cm³/mol. The van der Waals surface area contributed by atoms with E-state index in [0.717, 1.165) is 6.54 Å². The van der Waals surface area contributed by atoms with Crippen LogP contribution in [0.4, 0.5) is 0 Å². The first kappa shape index (κ1) is 30.6. The van der Waals surface area contributed by atoms with Crippen molar-refractivity contribution in [3.05, 3.63) is 0 Å². The number of nitrogens with zero attached hydrogens (tertiary/aromatic N) is 1. The molecule has 0 aliphatic heterocycles. The lowest BCUT2D eigenvalue weighted by molar-refractivity contribution is 0.254. The molecule has 0 atom stereocenters. The van der Waals surface area contributed by atoms with E-state index in [4.69, 9.17) is 5.73 Å². The number of hydrogen-bond acceptors (Lipinski definition) is 2. The van der Waals surface area contributed by atoms with Crippen LogP contribution in [0.5, 0.6) is 0 Å². The molecule has 0 aliphatic carbocycles. The fourth-order valence-corrected chi connectivity index (χ4v) is 3.22. The molecule has 0 unspecified atom stereocenters. The molecule has 2 N–H and O–H groups in total. The average Bonchev–Trinajstić information content (AvgIpc) is 2.57. The molecule has 0 radical (unpaired) electrons. The van der Waals surface area contributed by atoms with Gasteiger partial charge in [0.1, 0.15) is 0 Å². The van der Waals surface area contributed by atoms with Crippen LogP contribution in [0.2, 0.25) is 0 Å². The van der Waals surface area contributed by atoms with Gasteiger partial charge >= 0.3 is 0 Å². The Morgan fingerprint density at radius 1 is 0.480 bits per heavy atom. The third-order valence-corrected chi connectivity index (χ3v) is 4.83. The van der Waals surface area contributed by atoms with Gasteiger partial charge in [0.25, 0.3) is 0 Å². The van der Waals surface area contributed by atoms with Gasteiger partial charge in [-0.15, -0.1) is 34.0 Å². The highest BCUT2D eigenvalue weighted by Gasteiger charge is 2.04. The minimum absolute atomic E-state index is 0. The van der Waals surface area contributed by atoms with Crippen molar-refractivity contribution in [3.8, 4) is 0 Å². The third-order valence-electron chi connectivity index (χ3n) is 4.83. The Hall–Kier alpha value is 0.880. The molecule has 4 heteroatoms. The monoisotopic (exact) mass is 486 g/mol. The standard InChI is InChI=1S/C21H46N2.2BrH/c1-3-5-7-9-11-15-19-23(21-17-13-14-18-22)20-16-12-10-8-6-4-2;;/h3-22H2,1-2H3;2*1H. The summed E-state index contributed by atoms with van der Waals surface area (Å²) in [5.74, 6) is 0. The van der Waals surface area contributed by atoms with Crippen molar-refractivity contribution in [2.75, 3.05) is 26.2 Å². The zero-order chi connectivity index (χ0) is 17.0. The minimum atomic E-state index is 0. The maximum atomic E-state index is 5.61. The van der Waals surface area contributed by atoms with Crippen LogP contribution in [0.3, 0.4) is 0 Å². The number of nitrogens with two attached hydrogens (primary N) is 1. The van der Waals surface area contributed by atoms with Gasteiger partial charge in [0.05, 0.1) is 0 Å². The first-order valence-electron chi connectivity index (χ1n) is 10.8. The Kier molecular flexibility index (Phi) is 33.2. The smallest absolute Gasteiger partial charge is 0.00187 e. The molecule has 2 nitrogen and oxygen atoms in total. The van der Waals surface area contributed by atoms with Gasteiger partial charge in [0.2, 0.25) is 0 Å². The van der Waals surface area contributed by atoms with Crippen LogP contribution in [0.25, 0.3) is 0 Å². The van der Waals surface area contributed by atoms with E-state index in [-0.39, 0.29) is 34.0 Å². The van der Waals surface area contributed by atoms with E-state index in [1.54, 1.807) is 0 Å². The van der Waals surface area contributed by atoms with Crippen molar-refractivity contribution in [2.45, 2.75) is 110 Å². The van der Waals surface area contributed by atoms with Crippen LogP contribution in [-0.4, -0.2) is 31.1 Å². The fourth-order valence-electron chi connectivity index (χ4n) is 3.22. The van der Waals surface area contributed by atoms with E-state index in [2.05, 4.69) is 18.7 Å². The summed E-state index contributed by atoms with van der Waals surface area (Å²) >= 11 is 0. The Labute approximate surface area is 180 Å². The van der Waals surface area contributed by atoms with Crippen LogP contribution in [0.15, 0.2) is 0 Å². The van der Waals surface area contributed by atoms with Crippen LogP contribution in [-0.2, 0) is 0 Å². The SMILES string of the molecule is Br.Br.CCCCCCCCN(CCCCCN)CCCCCCCC. The molecular formula is C21H48Br2N2. The molecule has 25 heavy (non-hydrogen) atoms. The first-order chi connectivity index (χ1) is 11.3. The number of rotatable bonds is 19. The highest BCUT2D eigenvalue weighted by Crippen LogP contribution is 2.10. The summed E-state index contributed by atoms with van der Waals surface area (Å²) in [5, 5.41) is 0. The summed E-state index contributed by atoms with van der Waals surface area (Å²) in [5.41, 5.74) is 5.61. The summed E-state index contributed by atoms with van der Waals surface area (Å²) in [6, 6.07) is 0. The lowest BCUT2D eigenvalue weighted by Gasteiger charge is -2.22. The molecule has 0 aromatic rings. The van der Waals surface area contributed by atoms with Gasteiger partial charge in [-0.25, -0.2) is 0 Å². The Bertz CT molecular complexity index is 200. The second-order valence-electron chi connectivity index (χ2n) is 7.23. The minimum Gasteiger partial charge on any atom is -0.330 e. The molecule has 0 fully saturated rings. The molecule has 156 valence electrons. The van der Waals surface area contributed by atoms with Crippen molar-refractivity contribution in [1.82, 2.24) is 4.90 Å². The molecule has 0 spiro atoms. The van der Waals surface area contributed by atoms with E-state index in [1.165, 1.54) is 116 Å². The van der Waals surface area contributed by atoms with Gasteiger partial charge < -0.3 is 10.6 Å². The summed E-state index contributed by atoms with van der Waals surface area (Å²) in [6.07, 6.45) is 20.8. The van der Waals surface area contributed by atoms with Crippen LogP contribution in [0, 0.1) is 0 Å². The largest absolute Gasteiger partial charge is 0.330 e. The summed E-state index contributed by atoms with van der Waals surface area (Å²) in [7, 11) is 0. The number of hydrogen-bond donors (Lipinski definition) is 1. The van der Waals surface area contributed by atoms with Gasteiger partial charge in [-0.2, -0.15) is 0 Å². The van der Waals surface area contributed by atoms with E-state index < -0.39 is 0 Å². The third kappa shape index (κ3) is 24.9. The highest BCUT2D eigenvalue weighted by atomic mass is 79.9. The van der Waals surface area contributed by atoms with E-state index in [0.29, 0.717) is 0 Å². The molecule has 0 bridgehead atoms. The molecular weight excluding hydrogens is 440 g/mol. The maximum absolute atomic E-state index is 5.61. The van der Waals surface area contributed by atoms with Gasteiger partial charge in [-0.3, -0.25) is 0 Å². The first-order valence-corrected chi connectivity index (χ1v) is 10.8. The summed E-state index contributed by atoms with van der Waals surface area (Å²) < 4.78 is 0. The van der Waals surface area contributed by atoms with Crippen molar-refractivity contribution in [3.63, 3.8) is 0 Å². The van der Waals surface area contributed by atoms with Crippen LogP contribution < -0.4 is 5.73 Å². The van der Waals surface area contributed by atoms with Crippen molar-refractivity contribution < 1.29 is 0 Å². The summed E-state index contributed by atoms with van der Waals surface area (Å²) in [4.78, 5) is 2.73. The van der Waals surface area contributed by atoms with Crippen molar-refractivity contribution >= 4 is 34.0 Å². The molecule has 0 rings (SSSR count). The Morgan fingerprint density at radius 3 is 1.16 bits per heavy atom. The molecule has 0 amide bonds. The van der Waals surface area contributed by atoms with Crippen molar-refractivity contribution in [2.24, 2.45) is 5.73 Å². The van der Waals surface area contributed by atoms with Crippen LogP contribution in [0.1, 0.15) is 110 Å². The normalized spacial score (nSPS) is 10.6. The molecule has 0 heterocycles. The molecule has 0 saturated carbocycles. The lowest BCUT2D eigenvalue weighted by Crippen LogP contribution is -2.27. The quantitative estimate of drug-likeness (QED) is 0.194. The fraction of sp³-hybridized carbons (Fsp3) is 1.00. The predicted octanol–water partition coefficient (Wildman–Crippen LogP) is 7.29. The molecule has 0 aromatic heterocycles. The Morgan fingerprint density at radius 2 is 0.800 bits per heavy atom. The number of halogens is 2.